The minimum absolute atomic E-state index is 0.394. The highest BCUT2D eigenvalue weighted by atomic mass is 32.5. The van der Waals surface area contributed by atoms with E-state index in [2.05, 4.69) is 23.0 Å². The molecule has 0 unspecified atom stereocenters. The summed E-state index contributed by atoms with van der Waals surface area (Å²) in [5.74, 6) is 0. The van der Waals surface area contributed by atoms with Crippen LogP contribution in [0.5, 0.6) is 0 Å². The lowest BCUT2D eigenvalue weighted by Gasteiger charge is -2.27. The number of aromatic nitrogens is 1. The molecule has 0 aliphatic carbocycles. The highest BCUT2D eigenvalue weighted by Gasteiger charge is 2.32. The molecule has 1 saturated heterocycles. The molecule has 0 aromatic carbocycles. The van der Waals surface area contributed by atoms with E-state index >= 15 is 0 Å². The summed E-state index contributed by atoms with van der Waals surface area (Å²) in [6.45, 7) is 4.31. The minimum atomic E-state index is -2.87. The van der Waals surface area contributed by atoms with Crippen molar-refractivity contribution >= 4 is 37.1 Å². The molecule has 7 nitrogen and oxygen atoms in total. The molecule has 1 aliphatic rings. The Morgan fingerprint density at radius 2 is 1.52 bits per heavy atom. The first-order valence-corrected chi connectivity index (χ1v) is 15.0. The van der Waals surface area contributed by atoms with Crippen LogP contribution >= 0.6 is 13.4 Å². The van der Waals surface area contributed by atoms with Crippen molar-refractivity contribution in [1.29, 1.82) is 0 Å². The third kappa shape index (κ3) is 9.92. The Balaban J connectivity index is 0.000000304. The first kappa shape index (κ1) is 27.2. The van der Waals surface area contributed by atoms with Gasteiger partial charge in [-0.15, -0.1) is 0 Å². The smallest absolute Gasteiger partial charge is 0.309 e. The Kier molecular flexibility index (Phi) is 13.4. The Morgan fingerprint density at radius 3 is 1.86 bits per heavy atom. The molecular weight excluding hydrogens is 450 g/mol. The fourth-order valence-corrected chi connectivity index (χ4v) is 9.20. The molecule has 168 valence electrons. The zero-order chi connectivity index (χ0) is 21.8. The maximum atomic E-state index is 5.55. The van der Waals surface area contributed by atoms with Crippen LogP contribution in [0.3, 0.4) is 0 Å². The van der Waals surface area contributed by atoms with E-state index in [1.54, 1.807) is 0 Å². The Labute approximate surface area is 185 Å². The van der Waals surface area contributed by atoms with Crippen LogP contribution in [0, 0.1) is 0 Å². The van der Waals surface area contributed by atoms with Crippen molar-refractivity contribution in [3.8, 4) is 0 Å². The molecular formula is C18H34N2O5P2S2. The van der Waals surface area contributed by atoms with Gasteiger partial charge >= 0.3 is 13.4 Å². The predicted molar refractivity (Wildman–Crippen MR) is 125 cm³/mol. The number of hydrogen-bond donors (Lipinski definition) is 0. The van der Waals surface area contributed by atoms with Crippen molar-refractivity contribution in [1.82, 2.24) is 9.88 Å². The normalized spacial score (nSPS) is 17.8. The average molecular weight is 485 g/mol. The van der Waals surface area contributed by atoms with Crippen LogP contribution in [-0.4, -0.2) is 49.9 Å². The summed E-state index contributed by atoms with van der Waals surface area (Å²) >= 11 is 10.4. The number of nitrogens with zero attached hydrogens (tertiary/aromatic N) is 2. The minimum Gasteiger partial charge on any atom is -0.309 e. The summed E-state index contributed by atoms with van der Waals surface area (Å²) in [6.07, 6.45) is 6.41. The molecule has 11 heteroatoms. The molecule has 1 aromatic rings. The van der Waals surface area contributed by atoms with E-state index in [0.29, 0.717) is 32.5 Å². The third-order valence-corrected chi connectivity index (χ3v) is 10.3. The second kappa shape index (κ2) is 14.3. The second-order valence-electron chi connectivity index (χ2n) is 6.07. The second-order valence-corrected chi connectivity index (χ2v) is 12.2. The zero-order valence-corrected chi connectivity index (χ0v) is 21.4. The lowest BCUT2D eigenvalue weighted by atomic mass is 10.1. The maximum absolute atomic E-state index is 5.55. The van der Waals surface area contributed by atoms with Crippen LogP contribution in [0.15, 0.2) is 24.5 Å². The van der Waals surface area contributed by atoms with Gasteiger partial charge in [-0.1, -0.05) is 6.07 Å². The summed E-state index contributed by atoms with van der Waals surface area (Å²) < 4.78 is 26.9. The standard InChI is InChI=1S/C10H14N2.C8H20O5P2S2/c1-12-7-3-5-10(12)9-4-2-6-11-8-9;1-5-9-14(16,10-6-2)13-15(17,11-7-3)12-8-4/h2,4,6,8,10H,3,5,7H2,1H3;5-8H2,1-4H3/t10-;/m0./s1. The first-order chi connectivity index (χ1) is 13.8. The van der Waals surface area contributed by atoms with Crippen LogP contribution in [0.25, 0.3) is 0 Å². The van der Waals surface area contributed by atoms with Gasteiger partial charge in [-0.05, 0) is 89.4 Å². The fraction of sp³-hybridized carbons (Fsp3) is 0.722. The van der Waals surface area contributed by atoms with Gasteiger partial charge in [0, 0.05) is 18.4 Å². The van der Waals surface area contributed by atoms with E-state index in [1.165, 1.54) is 24.9 Å². The predicted octanol–water partition coefficient (Wildman–Crippen LogP) is 5.45. The van der Waals surface area contributed by atoms with Gasteiger partial charge in [0.15, 0.2) is 0 Å². The summed E-state index contributed by atoms with van der Waals surface area (Å²) in [4.78, 5) is 6.54. The van der Waals surface area contributed by atoms with Crippen molar-refractivity contribution in [2.75, 3.05) is 40.0 Å². The van der Waals surface area contributed by atoms with Gasteiger partial charge < -0.3 is 18.1 Å². The average Bonchev–Trinajstić information content (AvgIpc) is 3.09. The van der Waals surface area contributed by atoms with Crippen molar-refractivity contribution in [2.24, 2.45) is 0 Å². The van der Waals surface area contributed by atoms with Gasteiger partial charge in [-0.3, -0.25) is 9.88 Å². The number of pyridine rings is 1. The molecule has 0 amide bonds. The van der Waals surface area contributed by atoms with Crippen molar-refractivity contribution in [3.63, 3.8) is 0 Å². The molecule has 0 saturated carbocycles. The van der Waals surface area contributed by atoms with E-state index in [4.69, 9.17) is 46.0 Å². The molecule has 1 aliphatic heterocycles. The monoisotopic (exact) mass is 484 g/mol. The number of likely N-dealkylation sites (tertiary alicyclic amines) is 1. The Morgan fingerprint density at radius 1 is 1.00 bits per heavy atom. The summed E-state index contributed by atoms with van der Waals surface area (Å²) in [7, 11) is 2.19. The van der Waals surface area contributed by atoms with Gasteiger partial charge in [0.05, 0.1) is 26.4 Å². The third-order valence-electron chi connectivity index (χ3n) is 3.94. The molecule has 0 N–H and O–H groups in total. The highest BCUT2D eigenvalue weighted by molar-refractivity contribution is 8.14. The molecule has 0 spiro atoms. The summed E-state index contributed by atoms with van der Waals surface area (Å²) in [6, 6.07) is 4.79. The van der Waals surface area contributed by atoms with Crippen LogP contribution in [0.4, 0.5) is 0 Å². The van der Waals surface area contributed by atoms with Gasteiger partial charge in [0.1, 0.15) is 0 Å². The van der Waals surface area contributed by atoms with E-state index < -0.39 is 13.4 Å². The molecule has 0 radical (unpaired) electrons. The van der Waals surface area contributed by atoms with E-state index in [9.17, 15) is 0 Å². The van der Waals surface area contributed by atoms with Crippen LogP contribution < -0.4 is 0 Å². The highest BCUT2D eigenvalue weighted by Crippen LogP contribution is 2.66. The van der Waals surface area contributed by atoms with Gasteiger partial charge in [-0.25, -0.2) is 4.31 Å². The molecule has 1 aromatic heterocycles. The van der Waals surface area contributed by atoms with E-state index in [-0.39, 0.29) is 0 Å². The molecule has 0 bridgehead atoms. The van der Waals surface area contributed by atoms with E-state index in [0.717, 1.165) is 0 Å². The SMILES string of the molecule is CCOP(=S)(OCC)OP(=S)(OCC)OCC.CN1CCC[C@H]1c1cccnc1. The van der Waals surface area contributed by atoms with Crippen LogP contribution in [0.1, 0.15) is 52.1 Å². The van der Waals surface area contributed by atoms with Crippen molar-refractivity contribution in [2.45, 2.75) is 46.6 Å². The van der Waals surface area contributed by atoms with Crippen molar-refractivity contribution < 1.29 is 22.4 Å². The molecule has 2 heterocycles. The summed E-state index contributed by atoms with van der Waals surface area (Å²) in [5.41, 5.74) is 1.36. The Hall–Kier alpha value is 0.210. The Bertz CT molecular complexity index is 621. The summed E-state index contributed by atoms with van der Waals surface area (Å²) in [5, 5.41) is 0. The van der Waals surface area contributed by atoms with E-state index in [1.807, 2.05) is 46.2 Å². The molecule has 1 atom stereocenters. The number of rotatable bonds is 11. The molecule has 1 fully saturated rings. The lowest BCUT2D eigenvalue weighted by Crippen LogP contribution is -2.17. The van der Waals surface area contributed by atoms with Gasteiger partial charge in [0.2, 0.25) is 0 Å². The zero-order valence-electron chi connectivity index (χ0n) is 18.0. The van der Waals surface area contributed by atoms with Gasteiger partial charge in [-0.2, -0.15) is 0 Å². The van der Waals surface area contributed by atoms with Gasteiger partial charge in [0.25, 0.3) is 0 Å². The topological polar surface area (TPSA) is 62.3 Å². The van der Waals surface area contributed by atoms with Crippen LogP contribution in [-0.2, 0) is 46.0 Å². The molecule has 2 rings (SSSR count). The van der Waals surface area contributed by atoms with Crippen LogP contribution in [0.2, 0.25) is 0 Å². The van der Waals surface area contributed by atoms with Crippen molar-refractivity contribution in [3.05, 3.63) is 30.1 Å². The number of hydrogen-bond acceptors (Lipinski definition) is 9. The largest absolute Gasteiger partial charge is 0.334 e. The first-order valence-electron chi connectivity index (χ1n) is 9.92. The lowest BCUT2D eigenvalue weighted by molar-refractivity contribution is 0.176. The fourth-order valence-electron chi connectivity index (χ4n) is 2.83. The maximum Gasteiger partial charge on any atom is 0.334 e. The quantitative estimate of drug-likeness (QED) is 0.382. The molecule has 29 heavy (non-hydrogen) atoms.